The molecular formula is C13H16O2. The summed E-state index contributed by atoms with van der Waals surface area (Å²) >= 11 is 0. The van der Waals surface area contributed by atoms with E-state index >= 15 is 0 Å². The highest BCUT2D eigenvalue weighted by molar-refractivity contribution is 5.64. The Morgan fingerprint density at radius 1 is 1.27 bits per heavy atom. The molecular weight excluding hydrogens is 188 g/mol. The minimum atomic E-state index is 0.110. The number of rotatable bonds is 1. The van der Waals surface area contributed by atoms with Crippen LogP contribution >= 0.6 is 0 Å². The summed E-state index contributed by atoms with van der Waals surface area (Å²) in [4.78, 5) is 0. The molecule has 1 aromatic rings. The fourth-order valence-electron chi connectivity index (χ4n) is 1.62. The first-order chi connectivity index (χ1) is 7.02. The van der Waals surface area contributed by atoms with Crippen molar-refractivity contribution < 1.29 is 9.47 Å². The van der Waals surface area contributed by atoms with Crippen molar-refractivity contribution >= 4 is 6.08 Å². The first-order valence-corrected chi connectivity index (χ1v) is 5.09. The van der Waals surface area contributed by atoms with Gasteiger partial charge in [0, 0.05) is 5.56 Å². The number of fused-ring (bicyclic) bond motifs is 1. The summed E-state index contributed by atoms with van der Waals surface area (Å²) in [5.74, 6) is 1.65. The van der Waals surface area contributed by atoms with E-state index in [1.165, 1.54) is 5.56 Å². The van der Waals surface area contributed by atoms with Crippen LogP contribution in [-0.2, 0) is 5.41 Å². The summed E-state index contributed by atoms with van der Waals surface area (Å²) in [6.07, 6.45) is 1.81. The van der Waals surface area contributed by atoms with Crippen molar-refractivity contribution in [1.29, 1.82) is 0 Å². The quantitative estimate of drug-likeness (QED) is 0.698. The van der Waals surface area contributed by atoms with Crippen LogP contribution in [0.5, 0.6) is 11.5 Å². The highest BCUT2D eigenvalue weighted by Gasteiger charge is 2.22. The molecule has 0 aromatic heterocycles. The van der Waals surface area contributed by atoms with Gasteiger partial charge in [0.25, 0.3) is 0 Å². The molecule has 1 aliphatic heterocycles. The molecule has 1 aliphatic rings. The van der Waals surface area contributed by atoms with Crippen LogP contribution in [-0.4, -0.2) is 6.79 Å². The molecule has 0 amide bonds. The van der Waals surface area contributed by atoms with Gasteiger partial charge in [0.1, 0.15) is 0 Å². The van der Waals surface area contributed by atoms with E-state index < -0.39 is 0 Å². The van der Waals surface area contributed by atoms with Gasteiger partial charge in [0.2, 0.25) is 6.79 Å². The molecule has 0 bridgehead atoms. The number of hydrogen-bond acceptors (Lipinski definition) is 2. The monoisotopic (exact) mass is 204 g/mol. The van der Waals surface area contributed by atoms with Gasteiger partial charge in [-0.15, -0.1) is 0 Å². The first kappa shape index (κ1) is 10.1. The lowest BCUT2D eigenvalue weighted by Gasteiger charge is -2.20. The van der Waals surface area contributed by atoms with Crippen LogP contribution in [0.1, 0.15) is 31.9 Å². The SMILES string of the molecule is C=Cc1cc(C(C)(C)C)cc2c1OCO2. The summed E-state index contributed by atoms with van der Waals surface area (Å²) in [7, 11) is 0. The second-order valence-corrected chi connectivity index (χ2v) is 4.75. The fraction of sp³-hybridized carbons (Fsp3) is 0.385. The highest BCUT2D eigenvalue weighted by Crippen LogP contribution is 2.40. The highest BCUT2D eigenvalue weighted by atomic mass is 16.7. The summed E-state index contributed by atoms with van der Waals surface area (Å²) in [6.45, 7) is 10.6. The van der Waals surface area contributed by atoms with E-state index in [4.69, 9.17) is 9.47 Å². The van der Waals surface area contributed by atoms with Crippen molar-refractivity contribution in [2.24, 2.45) is 0 Å². The molecule has 15 heavy (non-hydrogen) atoms. The van der Waals surface area contributed by atoms with Crippen LogP contribution in [0.2, 0.25) is 0 Å². The summed E-state index contributed by atoms with van der Waals surface area (Å²) in [5, 5.41) is 0. The van der Waals surface area contributed by atoms with Crippen molar-refractivity contribution in [2.45, 2.75) is 26.2 Å². The topological polar surface area (TPSA) is 18.5 Å². The minimum Gasteiger partial charge on any atom is -0.454 e. The molecule has 1 heterocycles. The molecule has 0 radical (unpaired) electrons. The third-order valence-electron chi connectivity index (χ3n) is 2.59. The molecule has 0 spiro atoms. The maximum absolute atomic E-state index is 5.41. The van der Waals surface area contributed by atoms with Gasteiger partial charge >= 0.3 is 0 Å². The Morgan fingerprint density at radius 2 is 2.00 bits per heavy atom. The van der Waals surface area contributed by atoms with Gasteiger partial charge in [0.05, 0.1) is 0 Å². The molecule has 2 heteroatoms. The lowest BCUT2D eigenvalue weighted by molar-refractivity contribution is 0.173. The van der Waals surface area contributed by atoms with Gasteiger partial charge in [-0.2, -0.15) is 0 Å². The van der Waals surface area contributed by atoms with Crippen LogP contribution in [0.3, 0.4) is 0 Å². The van der Waals surface area contributed by atoms with E-state index in [0.29, 0.717) is 6.79 Å². The van der Waals surface area contributed by atoms with Gasteiger partial charge in [-0.1, -0.05) is 33.4 Å². The smallest absolute Gasteiger partial charge is 0.231 e. The van der Waals surface area contributed by atoms with E-state index in [-0.39, 0.29) is 5.41 Å². The van der Waals surface area contributed by atoms with Crippen molar-refractivity contribution in [2.75, 3.05) is 6.79 Å². The number of hydrogen-bond donors (Lipinski definition) is 0. The molecule has 2 nitrogen and oxygen atoms in total. The average molecular weight is 204 g/mol. The molecule has 1 aromatic carbocycles. The van der Waals surface area contributed by atoms with E-state index in [2.05, 4.69) is 39.5 Å². The largest absolute Gasteiger partial charge is 0.454 e. The van der Waals surface area contributed by atoms with Crippen molar-refractivity contribution in [3.8, 4) is 11.5 Å². The zero-order valence-electron chi connectivity index (χ0n) is 9.46. The zero-order chi connectivity index (χ0) is 11.1. The molecule has 0 saturated carbocycles. The Morgan fingerprint density at radius 3 is 2.60 bits per heavy atom. The first-order valence-electron chi connectivity index (χ1n) is 5.09. The Labute approximate surface area is 90.5 Å². The Bertz CT molecular complexity index is 400. The van der Waals surface area contributed by atoms with Crippen LogP contribution in [0.4, 0.5) is 0 Å². The molecule has 0 aliphatic carbocycles. The minimum absolute atomic E-state index is 0.110. The molecule has 2 rings (SSSR count). The molecule has 0 N–H and O–H groups in total. The summed E-state index contributed by atoms with van der Waals surface area (Å²) in [6, 6.07) is 4.16. The summed E-state index contributed by atoms with van der Waals surface area (Å²) in [5.41, 5.74) is 2.36. The van der Waals surface area contributed by atoms with Gasteiger partial charge < -0.3 is 9.47 Å². The normalized spacial score (nSPS) is 14.1. The Kier molecular flexibility index (Phi) is 2.22. The maximum atomic E-state index is 5.41. The Balaban J connectivity index is 2.58. The van der Waals surface area contributed by atoms with E-state index in [1.807, 2.05) is 6.08 Å². The van der Waals surface area contributed by atoms with Crippen molar-refractivity contribution in [3.05, 3.63) is 29.8 Å². The predicted molar refractivity (Wildman–Crippen MR) is 61.4 cm³/mol. The van der Waals surface area contributed by atoms with Gasteiger partial charge in [-0.3, -0.25) is 0 Å². The van der Waals surface area contributed by atoms with E-state index in [9.17, 15) is 0 Å². The lowest BCUT2D eigenvalue weighted by atomic mass is 9.86. The lowest BCUT2D eigenvalue weighted by Crippen LogP contribution is -2.11. The van der Waals surface area contributed by atoms with Crippen LogP contribution in [0.15, 0.2) is 18.7 Å². The zero-order valence-corrected chi connectivity index (χ0v) is 9.46. The third-order valence-corrected chi connectivity index (χ3v) is 2.59. The van der Waals surface area contributed by atoms with Crippen molar-refractivity contribution in [3.63, 3.8) is 0 Å². The van der Waals surface area contributed by atoms with Crippen molar-refractivity contribution in [1.82, 2.24) is 0 Å². The van der Waals surface area contributed by atoms with E-state index in [1.54, 1.807) is 0 Å². The third kappa shape index (κ3) is 1.72. The number of benzene rings is 1. The van der Waals surface area contributed by atoms with Gasteiger partial charge in [0.15, 0.2) is 11.5 Å². The molecule has 0 fully saturated rings. The summed E-state index contributed by atoms with van der Waals surface area (Å²) < 4.78 is 10.8. The van der Waals surface area contributed by atoms with Crippen LogP contribution in [0.25, 0.3) is 6.08 Å². The average Bonchev–Trinajstić information content (AvgIpc) is 2.62. The Hall–Kier alpha value is -1.44. The number of ether oxygens (including phenoxy) is 2. The fourth-order valence-corrected chi connectivity index (χ4v) is 1.62. The predicted octanol–water partition coefficient (Wildman–Crippen LogP) is 3.36. The standard InChI is InChI=1S/C13H16O2/c1-5-9-6-10(13(2,3)4)7-11-12(9)15-8-14-11/h5-7H,1,8H2,2-4H3. The van der Waals surface area contributed by atoms with Crippen LogP contribution in [0, 0.1) is 0 Å². The van der Waals surface area contributed by atoms with Gasteiger partial charge in [-0.25, -0.2) is 0 Å². The molecule has 80 valence electrons. The second kappa shape index (κ2) is 3.30. The molecule has 0 saturated heterocycles. The molecule has 0 atom stereocenters. The van der Waals surface area contributed by atoms with E-state index in [0.717, 1.165) is 17.1 Å². The second-order valence-electron chi connectivity index (χ2n) is 4.75. The maximum Gasteiger partial charge on any atom is 0.231 e. The van der Waals surface area contributed by atoms with Gasteiger partial charge in [-0.05, 0) is 23.1 Å². The molecule has 0 unspecified atom stereocenters. The van der Waals surface area contributed by atoms with Crippen LogP contribution < -0.4 is 9.47 Å².